The van der Waals surface area contributed by atoms with E-state index in [2.05, 4.69) is 42.0 Å². The highest BCUT2D eigenvalue weighted by molar-refractivity contribution is 9.10. The van der Waals surface area contributed by atoms with E-state index in [1.807, 2.05) is 0 Å². The van der Waals surface area contributed by atoms with Gasteiger partial charge in [0, 0.05) is 14.5 Å². The molecule has 0 amide bonds. The minimum Gasteiger partial charge on any atom is -0.507 e. The highest BCUT2D eigenvalue weighted by Gasteiger charge is 2.16. The van der Waals surface area contributed by atoms with Crippen molar-refractivity contribution in [1.82, 2.24) is 10.1 Å². The van der Waals surface area contributed by atoms with Crippen LogP contribution in [0.25, 0.3) is 22.8 Å². The zero-order valence-electron chi connectivity index (χ0n) is 10.3. The number of phenols is 1. The average Bonchev–Trinajstić information content (AvgIpc) is 2.91. The fourth-order valence-electron chi connectivity index (χ4n) is 1.79. The van der Waals surface area contributed by atoms with Crippen LogP contribution in [0.4, 0.5) is 4.39 Å². The van der Waals surface area contributed by atoms with E-state index in [9.17, 15) is 9.50 Å². The Kier molecular flexibility index (Phi) is 3.77. The van der Waals surface area contributed by atoms with Crippen molar-refractivity contribution in [3.05, 3.63) is 51.2 Å². The Hall–Kier alpha value is -1.73. The van der Waals surface area contributed by atoms with E-state index in [-0.39, 0.29) is 17.5 Å². The molecule has 1 aromatic heterocycles. The van der Waals surface area contributed by atoms with Gasteiger partial charge in [0.05, 0.1) is 5.56 Å². The van der Waals surface area contributed by atoms with Crippen molar-refractivity contribution in [1.29, 1.82) is 0 Å². The van der Waals surface area contributed by atoms with Crippen LogP contribution in [-0.4, -0.2) is 15.2 Å². The normalized spacial score (nSPS) is 10.8. The monoisotopic (exact) mass is 412 g/mol. The summed E-state index contributed by atoms with van der Waals surface area (Å²) in [5, 5.41) is 13.7. The van der Waals surface area contributed by atoms with Crippen LogP contribution in [0.3, 0.4) is 0 Å². The van der Waals surface area contributed by atoms with Crippen LogP contribution >= 0.6 is 31.9 Å². The molecule has 0 saturated carbocycles. The van der Waals surface area contributed by atoms with E-state index in [4.69, 9.17) is 4.52 Å². The number of aromatic nitrogens is 2. The van der Waals surface area contributed by atoms with Crippen molar-refractivity contribution in [2.45, 2.75) is 0 Å². The van der Waals surface area contributed by atoms with Gasteiger partial charge in [0.15, 0.2) is 0 Å². The van der Waals surface area contributed by atoms with Gasteiger partial charge in [0.25, 0.3) is 5.89 Å². The zero-order chi connectivity index (χ0) is 15.0. The van der Waals surface area contributed by atoms with Crippen molar-refractivity contribution in [3.8, 4) is 28.6 Å². The lowest BCUT2D eigenvalue weighted by Crippen LogP contribution is -1.85. The van der Waals surface area contributed by atoms with Crippen molar-refractivity contribution >= 4 is 31.9 Å². The van der Waals surface area contributed by atoms with E-state index < -0.39 is 0 Å². The largest absolute Gasteiger partial charge is 0.507 e. The predicted molar refractivity (Wildman–Crippen MR) is 82.2 cm³/mol. The maximum Gasteiger partial charge on any atom is 0.262 e. The molecule has 7 heteroatoms. The minimum atomic E-state index is -0.362. The molecule has 0 aliphatic heterocycles. The molecule has 1 N–H and O–H groups in total. The zero-order valence-corrected chi connectivity index (χ0v) is 13.5. The number of rotatable bonds is 2. The fourth-order valence-corrected chi connectivity index (χ4v) is 2.68. The molecule has 4 nitrogen and oxygen atoms in total. The number of phenolic OH excluding ortho intramolecular Hbond substituents is 1. The van der Waals surface area contributed by atoms with Crippen LogP contribution in [0, 0.1) is 5.82 Å². The molecule has 0 radical (unpaired) electrons. The molecule has 0 saturated heterocycles. The van der Waals surface area contributed by atoms with Crippen LogP contribution < -0.4 is 0 Å². The van der Waals surface area contributed by atoms with Gasteiger partial charge >= 0.3 is 0 Å². The van der Waals surface area contributed by atoms with Gasteiger partial charge in [-0.2, -0.15) is 4.98 Å². The van der Waals surface area contributed by atoms with Gasteiger partial charge in [-0.25, -0.2) is 4.39 Å². The number of hydrogen-bond donors (Lipinski definition) is 1. The van der Waals surface area contributed by atoms with E-state index in [0.29, 0.717) is 21.4 Å². The second-order valence-electron chi connectivity index (χ2n) is 4.21. The second-order valence-corrected chi connectivity index (χ2v) is 5.98. The third-order valence-corrected chi connectivity index (χ3v) is 3.94. The Morgan fingerprint density at radius 1 is 1.05 bits per heavy atom. The average molecular weight is 414 g/mol. The van der Waals surface area contributed by atoms with Gasteiger partial charge < -0.3 is 9.63 Å². The maximum atomic E-state index is 13.1. The molecule has 0 spiro atoms. The number of benzene rings is 2. The predicted octanol–water partition coefficient (Wildman–Crippen LogP) is 4.77. The van der Waals surface area contributed by atoms with Gasteiger partial charge in [-0.15, -0.1) is 0 Å². The van der Waals surface area contributed by atoms with Crippen LogP contribution in [0.2, 0.25) is 0 Å². The number of nitrogens with zero attached hydrogens (tertiary/aromatic N) is 2. The molecular formula is C14H7Br2FN2O2. The Labute approximate surface area is 135 Å². The molecule has 106 valence electrons. The molecule has 1 heterocycles. The first-order valence-electron chi connectivity index (χ1n) is 5.82. The third-order valence-electron chi connectivity index (χ3n) is 2.79. The standard InChI is InChI=1S/C14H7Br2FN2O2/c15-7-1-4-12(20)10(5-7)14-18-13(19-21-14)9-3-2-8(17)6-11(9)16/h1-6,20H. The lowest BCUT2D eigenvalue weighted by Gasteiger charge is -2.00. The quantitative estimate of drug-likeness (QED) is 0.657. The summed E-state index contributed by atoms with van der Waals surface area (Å²) in [7, 11) is 0. The Balaban J connectivity index is 2.06. The lowest BCUT2D eigenvalue weighted by molar-refractivity contribution is 0.425. The summed E-state index contributed by atoms with van der Waals surface area (Å²) in [5.74, 6) is 0.154. The Morgan fingerprint density at radius 3 is 2.62 bits per heavy atom. The summed E-state index contributed by atoms with van der Waals surface area (Å²) in [4.78, 5) is 4.23. The first kappa shape index (κ1) is 14.2. The topological polar surface area (TPSA) is 59.2 Å². The van der Waals surface area contributed by atoms with Crippen LogP contribution in [0.1, 0.15) is 0 Å². The molecule has 3 aromatic rings. The van der Waals surface area contributed by atoms with Gasteiger partial charge in [0.2, 0.25) is 5.82 Å². The van der Waals surface area contributed by atoms with E-state index >= 15 is 0 Å². The van der Waals surface area contributed by atoms with Crippen molar-refractivity contribution in [3.63, 3.8) is 0 Å². The van der Waals surface area contributed by atoms with Crippen LogP contribution in [0.15, 0.2) is 49.9 Å². The molecule has 0 fully saturated rings. The molecular weight excluding hydrogens is 407 g/mol. The summed E-state index contributed by atoms with van der Waals surface area (Å²) in [6.45, 7) is 0. The summed E-state index contributed by atoms with van der Waals surface area (Å²) in [6, 6.07) is 9.08. The van der Waals surface area contributed by atoms with Crippen LogP contribution in [-0.2, 0) is 0 Å². The summed E-state index contributed by atoms with van der Waals surface area (Å²) in [6.07, 6.45) is 0. The molecule has 21 heavy (non-hydrogen) atoms. The second kappa shape index (κ2) is 5.57. The molecule has 0 aliphatic rings. The minimum absolute atomic E-state index is 0.0339. The van der Waals surface area contributed by atoms with E-state index in [1.54, 1.807) is 18.2 Å². The number of hydrogen-bond acceptors (Lipinski definition) is 4. The fraction of sp³-hybridized carbons (Fsp3) is 0. The SMILES string of the molecule is Oc1ccc(Br)cc1-c1nc(-c2ccc(F)cc2Br)no1. The molecule has 0 unspecified atom stereocenters. The molecule has 0 bridgehead atoms. The van der Waals surface area contributed by atoms with Gasteiger partial charge in [-0.05, 0) is 52.3 Å². The first-order chi connectivity index (χ1) is 10.0. The molecule has 0 atom stereocenters. The molecule has 2 aromatic carbocycles. The molecule has 0 aliphatic carbocycles. The van der Waals surface area contributed by atoms with Crippen molar-refractivity contribution < 1.29 is 14.0 Å². The van der Waals surface area contributed by atoms with Gasteiger partial charge in [0.1, 0.15) is 11.6 Å². The number of aromatic hydroxyl groups is 1. The Bertz CT molecular complexity index is 820. The maximum absolute atomic E-state index is 13.1. The molecule has 3 rings (SSSR count). The van der Waals surface area contributed by atoms with E-state index in [1.165, 1.54) is 18.2 Å². The van der Waals surface area contributed by atoms with E-state index in [0.717, 1.165) is 4.47 Å². The number of halogens is 3. The smallest absolute Gasteiger partial charge is 0.262 e. The van der Waals surface area contributed by atoms with Gasteiger partial charge in [-0.3, -0.25) is 0 Å². The highest BCUT2D eigenvalue weighted by Crippen LogP contribution is 2.33. The summed E-state index contributed by atoms with van der Waals surface area (Å²) < 4.78 is 19.6. The third kappa shape index (κ3) is 2.84. The lowest BCUT2D eigenvalue weighted by atomic mass is 10.2. The summed E-state index contributed by atoms with van der Waals surface area (Å²) in [5.41, 5.74) is 1.02. The summed E-state index contributed by atoms with van der Waals surface area (Å²) >= 11 is 6.57. The highest BCUT2D eigenvalue weighted by atomic mass is 79.9. The van der Waals surface area contributed by atoms with Crippen molar-refractivity contribution in [2.75, 3.05) is 0 Å². The van der Waals surface area contributed by atoms with Gasteiger partial charge in [-0.1, -0.05) is 21.1 Å². The Morgan fingerprint density at radius 2 is 1.86 bits per heavy atom. The van der Waals surface area contributed by atoms with Crippen LogP contribution in [0.5, 0.6) is 5.75 Å². The first-order valence-corrected chi connectivity index (χ1v) is 7.41. The van der Waals surface area contributed by atoms with Crippen molar-refractivity contribution in [2.24, 2.45) is 0 Å².